The van der Waals surface area contributed by atoms with Gasteiger partial charge in [-0.25, -0.2) is 14.4 Å². The molecule has 1 saturated heterocycles. The number of carbonyl (C=O) groups is 3. The van der Waals surface area contributed by atoms with Gasteiger partial charge in [-0.15, -0.1) is 0 Å². The van der Waals surface area contributed by atoms with Crippen molar-refractivity contribution in [2.24, 2.45) is 5.11 Å². The molecule has 5 aromatic rings. The minimum Gasteiger partial charge on any atom is -0.445 e. The number of hydrogen-bond donors (Lipinski definition) is 5. The smallest absolute Gasteiger partial charge is 0.410 e. The van der Waals surface area contributed by atoms with Crippen molar-refractivity contribution in [2.45, 2.75) is 113 Å². The molecule has 2 fully saturated rings. The summed E-state index contributed by atoms with van der Waals surface area (Å²) in [7, 11) is 0. The lowest BCUT2D eigenvalue weighted by Crippen LogP contribution is -2.73. The van der Waals surface area contributed by atoms with Gasteiger partial charge in [0.1, 0.15) is 44.2 Å². The van der Waals surface area contributed by atoms with Crippen molar-refractivity contribution in [1.29, 1.82) is 0 Å². The fourth-order valence-electron chi connectivity index (χ4n) is 8.31. The number of amides is 3. The number of benzene rings is 5. The molecule has 1 aliphatic heterocycles. The van der Waals surface area contributed by atoms with E-state index in [0.717, 1.165) is 16.7 Å². The van der Waals surface area contributed by atoms with Gasteiger partial charge in [-0.1, -0.05) is 157 Å². The molecule has 362 valence electrons. The summed E-state index contributed by atoms with van der Waals surface area (Å²) in [6, 6.07) is 40.2. The molecule has 0 aromatic heterocycles. The molecule has 1 saturated carbocycles. The van der Waals surface area contributed by atoms with E-state index in [4.69, 9.17) is 28.4 Å². The molecule has 1 heterocycles. The average Bonchev–Trinajstić information content (AvgIpc) is 3.38. The van der Waals surface area contributed by atoms with E-state index in [-0.39, 0.29) is 39.4 Å². The van der Waals surface area contributed by atoms with Gasteiger partial charge in [0.25, 0.3) is 0 Å². The molecule has 11 atom stereocenters. The predicted octanol–water partition coefficient (Wildman–Crippen LogP) is 6.66. The highest BCUT2D eigenvalue weighted by Gasteiger charge is 2.54. The Labute approximate surface area is 399 Å². The van der Waals surface area contributed by atoms with Crippen LogP contribution in [0.2, 0.25) is 0 Å². The molecular weight excluding hydrogens is 889 g/mol. The van der Waals surface area contributed by atoms with E-state index >= 15 is 0 Å². The lowest BCUT2D eigenvalue weighted by atomic mass is 9.81. The van der Waals surface area contributed by atoms with Gasteiger partial charge in [-0.05, 0) is 46.7 Å². The summed E-state index contributed by atoms with van der Waals surface area (Å²) < 4.78 is 36.4. The molecule has 1 unspecified atom stereocenters. The highest BCUT2D eigenvalue weighted by atomic mass is 16.7. The third-order valence-electron chi connectivity index (χ3n) is 12.0. The van der Waals surface area contributed by atoms with Gasteiger partial charge >= 0.3 is 18.3 Å². The first-order chi connectivity index (χ1) is 33.6. The number of nitrogens with one attached hydrogen (secondary N) is 2. The van der Waals surface area contributed by atoms with Crippen molar-refractivity contribution in [3.8, 4) is 0 Å². The van der Waals surface area contributed by atoms with Crippen LogP contribution in [0.5, 0.6) is 0 Å². The summed E-state index contributed by atoms with van der Waals surface area (Å²) in [5, 5.41) is 44.4. The van der Waals surface area contributed by atoms with Crippen LogP contribution >= 0.6 is 0 Å². The Kier molecular flexibility index (Phi) is 18.0. The number of nitrogens with zero attached hydrogens (tertiary/aromatic N) is 4. The minimum absolute atomic E-state index is 0.0190. The zero-order valence-corrected chi connectivity index (χ0v) is 37.8. The molecule has 5 N–H and O–H groups in total. The summed E-state index contributed by atoms with van der Waals surface area (Å²) in [4.78, 5) is 45.4. The van der Waals surface area contributed by atoms with Crippen LogP contribution in [0.4, 0.5) is 14.4 Å². The van der Waals surface area contributed by atoms with Gasteiger partial charge in [0.2, 0.25) is 0 Å². The van der Waals surface area contributed by atoms with Crippen molar-refractivity contribution in [1.82, 2.24) is 15.5 Å². The molecule has 0 spiro atoms. The molecule has 1 aliphatic carbocycles. The number of carbonyl (C=O) groups excluding carboxylic acids is 3. The van der Waals surface area contributed by atoms with E-state index in [1.807, 2.05) is 91.0 Å². The first-order valence-electron chi connectivity index (χ1n) is 22.6. The monoisotopic (exact) mass is 944 g/mol. The maximum Gasteiger partial charge on any atom is 0.410 e. The molecule has 18 heteroatoms. The zero-order valence-electron chi connectivity index (χ0n) is 37.8. The minimum atomic E-state index is -1.94. The van der Waals surface area contributed by atoms with Gasteiger partial charge < -0.3 is 54.4 Å². The normalized spacial score (nSPS) is 24.6. The van der Waals surface area contributed by atoms with E-state index in [1.54, 1.807) is 67.6 Å². The maximum absolute atomic E-state index is 14.2. The van der Waals surface area contributed by atoms with Gasteiger partial charge in [-0.3, -0.25) is 4.90 Å². The second-order valence-electron chi connectivity index (χ2n) is 16.7. The Morgan fingerprint density at radius 3 is 1.59 bits per heavy atom. The Balaban J connectivity index is 1.18. The van der Waals surface area contributed by atoms with Crippen molar-refractivity contribution >= 4 is 18.3 Å². The van der Waals surface area contributed by atoms with Crippen LogP contribution in [0.25, 0.3) is 10.4 Å². The van der Waals surface area contributed by atoms with Crippen LogP contribution in [0, 0.1) is 0 Å². The number of azide groups is 1. The SMILES string of the molecule is C[C@H]([C@H]1OC(O[C@H]2[C@H](O)[C@@H](O)[C@H](NC(=O)OCc3ccccc3)[C@@H](O)[C@@H]2NC(=O)OCc2ccccc2)[C@H](N=[N+]=[N-])C[C@@H]1OCc1ccccc1)N(Cc1ccccc1)C(=O)OCc1ccccc1. The molecular formula is C51H56N6O12. The summed E-state index contributed by atoms with van der Waals surface area (Å²) in [5.41, 5.74) is 13.6. The molecule has 7 rings (SSSR count). The van der Waals surface area contributed by atoms with Gasteiger partial charge in [0.05, 0.1) is 43.0 Å². The third-order valence-corrected chi connectivity index (χ3v) is 12.0. The molecule has 18 nitrogen and oxygen atoms in total. The van der Waals surface area contributed by atoms with Crippen LogP contribution in [0.15, 0.2) is 157 Å². The zero-order chi connectivity index (χ0) is 48.5. The first kappa shape index (κ1) is 49.9. The second-order valence-corrected chi connectivity index (χ2v) is 16.7. The summed E-state index contributed by atoms with van der Waals surface area (Å²) in [5.74, 6) is 0. The summed E-state index contributed by atoms with van der Waals surface area (Å²) in [6.45, 7) is 1.63. The quantitative estimate of drug-likeness (QED) is 0.0268. The number of alkyl carbamates (subject to hydrolysis) is 2. The number of hydrogen-bond acceptors (Lipinski definition) is 13. The standard InChI is InChI=1S/C51H56N6O12/c1-33(57(28-34-17-7-2-8-18-34)51(63)67-32-38-25-15-6-16-26-38)46-40(64-29-35-19-9-3-10-20-35)27-39(55-56-52)48(68-46)69-47-42(54-50(62)66-31-37-23-13-5-14-24-37)43(58)41(44(59)45(47)60)53-49(61)65-30-36-21-11-4-12-22-36/h2-26,33,39-48,58-60H,27-32H2,1H3,(H,53,61)(H,54,62)/t33-,39-,40+,41-,42+,43-,44+,45-,46-,47-,48?/m1/s1. The first-order valence-corrected chi connectivity index (χ1v) is 22.6. The Bertz CT molecular complexity index is 2420. The predicted molar refractivity (Wildman–Crippen MR) is 249 cm³/mol. The molecule has 3 amide bonds. The maximum atomic E-state index is 14.2. The molecule has 69 heavy (non-hydrogen) atoms. The highest BCUT2D eigenvalue weighted by Crippen LogP contribution is 2.35. The van der Waals surface area contributed by atoms with E-state index in [0.29, 0.717) is 11.1 Å². The van der Waals surface area contributed by atoms with Crippen LogP contribution < -0.4 is 10.6 Å². The topological polar surface area (TPSA) is 243 Å². The van der Waals surface area contributed by atoms with Crippen molar-refractivity contribution < 1.29 is 58.1 Å². The fraction of sp³-hybridized carbons (Fsp3) is 0.353. The molecule has 0 radical (unpaired) electrons. The Morgan fingerprint density at radius 1 is 0.652 bits per heavy atom. The van der Waals surface area contributed by atoms with Crippen LogP contribution in [-0.4, -0.2) is 106 Å². The van der Waals surface area contributed by atoms with Crippen molar-refractivity contribution in [3.05, 3.63) is 190 Å². The largest absolute Gasteiger partial charge is 0.445 e. The van der Waals surface area contributed by atoms with E-state index < -0.39 is 85.4 Å². The van der Waals surface area contributed by atoms with Crippen molar-refractivity contribution in [2.75, 3.05) is 0 Å². The Morgan fingerprint density at radius 2 is 1.10 bits per heavy atom. The van der Waals surface area contributed by atoms with E-state index in [9.17, 15) is 35.2 Å². The second kappa shape index (κ2) is 24.8. The number of aliphatic hydroxyl groups is 3. The average molecular weight is 945 g/mol. The van der Waals surface area contributed by atoms with E-state index in [1.165, 1.54) is 4.90 Å². The van der Waals surface area contributed by atoms with Crippen LogP contribution in [0.1, 0.15) is 41.2 Å². The Hall–Kier alpha value is -7.02. The van der Waals surface area contributed by atoms with Crippen molar-refractivity contribution in [3.63, 3.8) is 0 Å². The molecule has 5 aromatic carbocycles. The van der Waals surface area contributed by atoms with Gasteiger partial charge in [0.15, 0.2) is 6.29 Å². The lowest BCUT2D eigenvalue weighted by molar-refractivity contribution is -0.289. The molecule has 0 bridgehead atoms. The fourth-order valence-corrected chi connectivity index (χ4v) is 8.31. The van der Waals surface area contributed by atoms with Crippen LogP contribution in [-0.2, 0) is 61.4 Å². The van der Waals surface area contributed by atoms with Crippen LogP contribution in [0.3, 0.4) is 0 Å². The van der Waals surface area contributed by atoms with Gasteiger partial charge in [-0.2, -0.15) is 0 Å². The lowest BCUT2D eigenvalue weighted by Gasteiger charge is -2.49. The highest BCUT2D eigenvalue weighted by molar-refractivity contribution is 5.69. The van der Waals surface area contributed by atoms with E-state index in [2.05, 4.69) is 20.7 Å². The summed E-state index contributed by atoms with van der Waals surface area (Å²) >= 11 is 0. The number of rotatable bonds is 18. The number of ether oxygens (including phenoxy) is 6. The molecule has 2 aliphatic rings. The summed E-state index contributed by atoms with van der Waals surface area (Å²) in [6.07, 6.45) is -13.6. The number of aliphatic hydroxyl groups excluding tert-OH is 3. The van der Waals surface area contributed by atoms with Gasteiger partial charge in [0, 0.05) is 11.5 Å². The third kappa shape index (κ3) is 13.8.